The highest BCUT2D eigenvalue weighted by molar-refractivity contribution is 5.93. The molecule has 0 aliphatic heterocycles. The van der Waals surface area contributed by atoms with Crippen LogP contribution in [0.4, 0.5) is 5.69 Å². The number of rotatable bonds is 5. The average molecular weight is 310 g/mol. The van der Waals surface area contributed by atoms with Gasteiger partial charge in [-0.25, -0.2) is 0 Å². The summed E-state index contributed by atoms with van der Waals surface area (Å²) in [4.78, 5) is 12.2. The van der Waals surface area contributed by atoms with E-state index in [2.05, 4.69) is 5.32 Å². The maximum Gasteiger partial charge on any atom is 0.244 e. The van der Waals surface area contributed by atoms with Gasteiger partial charge in [0.2, 0.25) is 5.91 Å². The number of hydrogen-bond acceptors (Lipinski definition) is 3. The molecule has 1 amide bonds. The minimum atomic E-state index is -0.0875. The van der Waals surface area contributed by atoms with Gasteiger partial charge in [0.25, 0.3) is 0 Å². The molecule has 5 nitrogen and oxygen atoms in total. The molecule has 0 saturated heterocycles. The van der Waals surface area contributed by atoms with Crippen molar-refractivity contribution in [1.29, 1.82) is 0 Å². The van der Waals surface area contributed by atoms with Crippen molar-refractivity contribution in [3.8, 4) is 11.5 Å². The lowest BCUT2D eigenvalue weighted by molar-refractivity contribution is -0.116. The average Bonchev–Trinajstić information content (AvgIpc) is 2.97. The van der Waals surface area contributed by atoms with Gasteiger partial charge in [0.1, 0.15) is 18.0 Å². The summed E-state index contributed by atoms with van der Waals surface area (Å²) in [5.41, 5.74) is 1.67. The summed E-state index contributed by atoms with van der Waals surface area (Å²) in [7, 11) is 3.23. The number of benzene rings is 2. The van der Waals surface area contributed by atoms with Gasteiger partial charge in [0.15, 0.2) is 0 Å². The van der Waals surface area contributed by atoms with E-state index in [-0.39, 0.29) is 12.5 Å². The summed E-state index contributed by atoms with van der Waals surface area (Å²) in [5.74, 6) is 1.33. The van der Waals surface area contributed by atoms with Crippen LogP contribution in [0.5, 0.6) is 11.5 Å². The molecule has 23 heavy (non-hydrogen) atoms. The zero-order valence-corrected chi connectivity index (χ0v) is 13.1. The zero-order valence-electron chi connectivity index (χ0n) is 13.1. The largest absolute Gasteiger partial charge is 0.497 e. The Kier molecular flexibility index (Phi) is 4.19. The molecule has 0 fully saturated rings. The van der Waals surface area contributed by atoms with Crippen LogP contribution in [0.2, 0.25) is 0 Å². The number of ether oxygens (including phenoxy) is 2. The lowest BCUT2D eigenvalue weighted by Crippen LogP contribution is -2.18. The van der Waals surface area contributed by atoms with Crippen molar-refractivity contribution in [3.05, 3.63) is 54.7 Å². The number of aromatic nitrogens is 1. The molecular formula is C18H18N2O3. The summed E-state index contributed by atoms with van der Waals surface area (Å²) in [6.45, 7) is 0.217. The molecule has 0 spiro atoms. The topological polar surface area (TPSA) is 52.5 Å². The second-order valence-electron chi connectivity index (χ2n) is 5.12. The van der Waals surface area contributed by atoms with Crippen molar-refractivity contribution >= 4 is 22.5 Å². The van der Waals surface area contributed by atoms with Crippen molar-refractivity contribution in [3.63, 3.8) is 0 Å². The van der Waals surface area contributed by atoms with E-state index in [1.54, 1.807) is 14.2 Å². The number of nitrogens with zero attached hydrogens (tertiary/aromatic N) is 1. The van der Waals surface area contributed by atoms with Crippen LogP contribution in [0.1, 0.15) is 0 Å². The third kappa shape index (κ3) is 3.13. The number of hydrogen-bond donors (Lipinski definition) is 1. The fourth-order valence-electron chi connectivity index (χ4n) is 2.54. The molecule has 0 aliphatic rings. The smallest absolute Gasteiger partial charge is 0.244 e. The van der Waals surface area contributed by atoms with E-state index < -0.39 is 0 Å². The van der Waals surface area contributed by atoms with Crippen LogP contribution in [-0.2, 0) is 11.3 Å². The van der Waals surface area contributed by atoms with Gasteiger partial charge in [-0.1, -0.05) is 18.2 Å². The maximum absolute atomic E-state index is 12.2. The second kappa shape index (κ2) is 6.44. The van der Waals surface area contributed by atoms with Gasteiger partial charge < -0.3 is 19.4 Å². The van der Waals surface area contributed by atoms with Crippen LogP contribution in [0.3, 0.4) is 0 Å². The predicted molar refractivity (Wildman–Crippen MR) is 90.1 cm³/mol. The molecule has 1 N–H and O–H groups in total. The van der Waals surface area contributed by atoms with Gasteiger partial charge >= 0.3 is 0 Å². The molecule has 0 saturated carbocycles. The first-order valence-electron chi connectivity index (χ1n) is 7.27. The first-order valence-corrected chi connectivity index (χ1v) is 7.27. The molecule has 3 aromatic rings. The van der Waals surface area contributed by atoms with Crippen molar-refractivity contribution in [2.45, 2.75) is 6.54 Å². The van der Waals surface area contributed by atoms with E-state index >= 15 is 0 Å². The standard InChI is InChI=1S/C18H18N2O3/c1-22-14-10-16-15(17(11-14)23-2)8-9-20(16)12-18(21)19-13-6-4-3-5-7-13/h3-11H,12H2,1-2H3,(H,19,21). The van der Waals surface area contributed by atoms with Crippen molar-refractivity contribution in [2.24, 2.45) is 0 Å². The number of para-hydroxylation sites is 1. The number of carbonyl (C=O) groups is 1. The van der Waals surface area contributed by atoms with E-state index in [0.29, 0.717) is 5.75 Å². The molecule has 3 rings (SSSR count). The molecule has 118 valence electrons. The molecule has 5 heteroatoms. The Bertz CT molecular complexity index is 825. The monoisotopic (exact) mass is 310 g/mol. The Morgan fingerprint density at radius 3 is 2.57 bits per heavy atom. The molecule has 0 aliphatic carbocycles. The number of anilines is 1. The lowest BCUT2D eigenvalue weighted by atomic mass is 10.2. The Morgan fingerprint density at radius 2 is 1.87 bits per heavy atom. The molecular weight excluding hydrogens is 292 g/mol. The zero-order chi connectivity index (χ0) is 16.2. The van der Waals surface area contributed by atoms with E-state index in [1.807, 2.05) is 59.3 Å². The highest BCUT2D eigenvalue weighted by atomic mass is 16.5. The third-order valence-corrected chi connectivity index (χ3v) is 3.65. The van der Waals surface area contributed by atoms with Gasteiger partial charge in [-0.15, -0.1) is 0 Å². The summed E-state index contributed by atoms with van der Waals surface area (Å²) >= 11 is 0. The molecule has 0 bridgehead atoms. The number of fused-ring (bicyclic) bond motifs is 1. The molecule has 0 radical (unpaired) electrons. The number of carbonyl (C=O) groups excluding carboxylic acids is 1. The highest BCUT2D eigenvalue weighted by Gasteiger charge is 2.11. The SMILES string of the molecule is COc1cc(OC)c2ccn(CC(=O)Nc3ccccc3)c2c1. The quantitative estimate of drug-likeness (QED) is 0.786. The fourth-order valence-corrected chi connectivity index (χ4v) is 2.54. The lowest BCUT2D eigenvalue weighted by Gasteiger charge is -2.10. The minimum absolute atomic E-state index is 0.0875. The predicted octanol–water partition coefficient (Wildman–Crippen LogP) is 3.30. The Morgan fingerprint density at radius 1 is 1.09 bits per heavy atom. The Hall–Kier alpha value is -2.95. The summed E-state index contributed by atoms with van der Waals surface area (Å²) in [6.07, 6.45) is 1.87. The number of methoxy groups -OCH3 is 2. The molecule has 0 unspecified atom stereocenters. The van der Waals surface area contributed by atoms with E-state index in [4.69, 9.17) is 9.47 Å². The summed E-state index contributed by atoms with van der Waals surface area (Å²) < 4.78 is 12.6. The number of nitrogens with one attached hydrogen (secondary N) is 1. The minimum Gasteiger partial charge on any atom is -0.497 e. The van der Waals surface area contributed by atoms with Crippen LogP contribution < -0.4 is 14.8 Å². The summed E-state index contributed by atoms with van der Waals surface area (Å²) in [6, 6.07) is 15.1. The highest BCUT2D eigenvalue weighted by Crippen LogP contribution is 2.31. The van der Waals surface area contributed by atoms with Crippen molar-refractivity contribution in [2.75, 3.05) is 19.5 Å². The Balaban J connectivity index is 1.87. The Labute approximate surface area is 134 Å². The molecule has 1 heterocycles. The second-order valence-corrected chi connectivity index (χ2v) is 5.12. The molecule has 1 aromatic heterocycles. The third-order valence-electron chi connectivity index (χ3n) is 3.65. The van der Waals surface area contributed by atoms with E-state index in [9.17, 15) is 4.79 Å². The van der Waals surface area contributed by atoms with Crippen LogP contribution in [0.25, 0.3) is 10.9 Å². The molecule has 2 aromatic carbocycles. The first kappa shape index (κ1) is 15.0. The van der Waals surface area contributed by atoms with Crippen LogP contribution in [-0.4, -0.2) is 24.7 Å². The normalized spacial score (nSPS) is 10.5. The van der Waals surface area contributed by atoms with Crippen molar-refractivity contribution < 1.29 is 14.3 Å². The van der Waals surface area contributed by atoms with Gasteiger partial charge in [-0.2, -0.15) is 0 Å². The van der Waals surface area contributed by atoms with E-state index in [0.717, 1.165) is 22.3 Å². The van der Waals surface area contributed by atoms with Gasteiger partial charge in [-0.3, -0.25) is 4.79 Å². The fraction of sp³-hybridized carbons (Fsp3) is 0.167. The van der Waals surface area contributed by atoms with Crippen molar-refractivity contribution in [1.82, 2.24) is 4.57 Å². The van der Waals surface area contributed by atoms with Crippen LogP contribution in [0, 0.1) is 0 Å². The first-order chi connectivity index (χ1) is 11.2. The van der Waals surface area contributed by atoms with Gasteiger partial charge in [-0.05, 0) is 18.2 Å². The van der Waals surface area contributed by atoms with Gasteiger partial charge in [0, 0.05) is 29.4 Å². The number of amides is 1. The van der Waals surface area contributed by atoms with E-state index in [1.165, 1.54) is 0 Å². The van der Waals surface area contributed by atoms with Crippen LogP contribution in [0.15, 0.2) is 54.7 Å². The van der Waals surface area contributed by atoms with Crippen LogP contribution >= 0.6 is 0 Å². The molecule has 0 atom stereocenters. The summed E-state index contributed by atoms with van der Waals surface area (Å²) in [5, 5.41) is 3.83. The van der Waals surface area contributed by atoms with Gasteiger partial charge in [0.05, 0.1) is 19.7 Å². The maximum atomic E-state index is 12.2.